The number of benzene rings is 1. The molecule has 1 aliphatic rings. The molecule has 0 spiro atoms. The molecule has 3 aromatic rings. The molecule has 1 aliphatic carbocycles. The quantitative estimate of drug-likeness (QED) is 0.802. The third kappa shape index (κ3) is 2.70. The Balaban J connectivity index is 1.63. The fourth-order valence-electron chi connectivity index (χ4n) is 2.81. The van der Waals surface area contributed by atoms with Crippen LogP contribution in [-0.2, 0) is 0 Å². The normalized spacial score (nSPS) is 15.5. The van der Waals surface area contributed by atoms with Crippen molar-refractivity contribution in [3.05, 3.63) is 59.9 Å². The second-order valence-electron chi connectivity index (χ2n) is 5.99. The lowest BCUT2D eigenvalue weighted by atomic mass is 10.1. The third-order valence-corrected chi connectivity index (χ3v) is 4.20. The molecule has 1 N–H and O–H groups in total. The van der Waals surface area contributed by atoms with E-state index in [1.54, 1.807) is 6.20 Å². The van der Waals surface area contributed by atoms with E-state index in [9.17, 15) is 4.79 Å². The minimum atomic E-state index is -0.143. The summed E-state index contributed by atoms with van der Waals surface area (Å²) >= 11 is 0. The van der Waals surface area contributed by atoms with Gasteiger partial charge in [0.05, 0.1) is 11.6 Å². The number of furan rings is 1. The number of carbonyl (C=O) groups excluding carboxylic acids is 1. The van der Waals surface area contributed by atoms with Gasteiger partial charge in [-0.05, 0) is 37.8 Å². The highest BCUT2D eigenvalue weighted by atomic mass is 16.3. The first-order valence-corrected chi connectivity index (χ1v) is 7.79. The van der Waals surface area contributed by atoms with Crippen LogP contribution in [0.3, 0.4) is 0 Å². The van der Waals surface area contributed by atoms with Gasteiger partial charge in [0.25, 0.3) is 5.91 Å². The van der Waals surface area contributed by atoms with Crippen molar-refractivity contribution < 1.29 is 9.21 Å². The minimum absolute atomic E-state index is 0.142. The van der Waals surface area contributed by atoms with Crippen molar-refractivity contribution in [2.75, 3.05) is 0 Å². The predicted molar refractivity (Wildman–Crippen MR) is 85.9 cm³/mol. The summed E-state index contributed by atoms with van der Waals surface area (Å²) in [5.41, 5.74) is 2.18. The lowest BCUT2D eigenvalue weighted by Gasteiger charge is -2.16. The standard InChI is InChI=1S/C18H17N3O2/c1-11-8-9-19-17(20-11)16(12-6-7-12)21-18(22)14-10-23-15-5-3-2-4-13(14)15/h2-5,8-10,12,16H,6-7H2,1H3,(H,21,22)/t16-/m1/s1. The van der Waals surface area contributed by atoms with Gasteiger partial charge in [-0.25, -0.2) is 9.97 Å². The number of amides is 1. The zero-order chi connectivity index (χ0) is 15.8. The molecule has 2 aromatic heterocycles. The molecule has 0 aliphatic heterocycles. The van der Waals surface area contributed by atoms with E-state index >= 15 is 0 Å². The van der Waals surface area contributed by atoms with Crippen LogP contribution in [0.25, 0.3) is 11.0 Å². The molecule has 5 nitrogen and oxygen atoms in total. The molecule has 1 saturated carbocycles. The smallest absolute Gasteiger partial charge is 0.255 e. The molecule has 1 aromatic carbocycles. The number of nitrogens with zero attached hydrogens (tertiary/aromatic N) is 2. The molecule has 0 unspecified atom stereocenters. The highest BCUT2D eigenvalue weighted by Crippen LogP contribution is 2.40. The van der Waals surface area contributed by atoms with E-state index in [0.717, 1.165) is 23.9 Å². The summed E-state index contributed by atoms with van der Waals surface area (Å²) < 4.78 is 5.46. The zero-order valence-electron chi connectivity index (χ0n) is 12.8. The van der Waals surface area contributed by atoms with Gasteiger partial charge in [-0.15, -0.1) is 0 Å². The molecular weight excluding hydrogens is 290 g/mol. The van der Waals surface area contributed by atoms with Crippen LogP contribution in [-0.4, -0.2) is 15.9 Å². The number of para-hydroxylation sites is 1. The van der Waals surface area contributed by atoms with Crippen molar-refractivity contribution in [1.29, 1.82) is 0 Å². The van der Waals surface area contributed by atoms with E-state index in [-0.39, 0.29) is 11.9 Å². The molecular formula is C18H17N3O2. The molecule has 116 valence electrons. The Morgan fingerprint density at radius 1 is 1.30 bits per heavy atom. The Hall–Kier alpha value is -2.69. The number of hydrogen-bond donors (Lipinski definition) is 1. The number of fused-ring (bicyclic) bond motifs is 1. The summed E-state index contributed by atoms with van der Waals surface area (Å²) in [6.07, 6.45) is 5.44. The Morgan fingerprint density at radius 3 is 2.91 bits per heavy atom. The molecule has 0 bridgehead atoms. The first-order chi connectivity index (χ1) is 11.2. The van der Waals surface area contributed by atoms with E-state index < -0.39 is 0 Å². The lowest BCUT2D eigenvalue weighted by Crippen LogP contribution is -2.31. The van der Waals surface area contributed by atoms with Gasteiger partial charge in [0, 0.05) is 17.3 Å². The molecule has 0 radical (unpaired) electrons. The van der Waals surface area contributed by atoms with Gasteiger partial charge in [0.15, 0.2) is 5.82 Å². The summed E-state index contributed by atoms with van der Waals surface area (Å²) in [4.78, 5) is 21.5. The van der Waals surface area contributed by atoms with Crippen molar-refractivity contribution in [2.24, 2.45) is 5.92 Å². The summed E-state index contributed by atoms with van der Waals surface area (Å²) in [6, 6.07) is 9.25. The summed E-state index contributed by atoms with van der Waals surface area (Å²) in [6.45, 7) is 1.93. The number of carbonyl (C=O) groups is 1. The average Bonchev–Trinajstić information content (AvgIpc) is 3.30. The molecule has 1 amide bonds. The van der Waals surface area contributed by atoms with Gasteiger partial charge < -0.3 is 9.73 Å². The molecule has 1 fully saturated rings. The van der Waals surface area contributed by atoms with Crippen molar-refractivity contribution in [3.8, 4) is 0 Å². The van der Waals surface area contributed by atoms with Crippen molar-refractivity contribution in [2.45, 2.75) is 25.8 Å². The molecule has 5 heteroatoms. The average molecular weight is 307 g/mol. The second kappa shape index (κ2) is 5.50. The molecule has 23 heavy (non-hydrogen) atoms. The SMILES string of the molecule is Cc1ccnc([C@H](NC(=O)c2coc3ccccc23)C2CC2)n1. The second-order valence-corrected chi connectivity index (χ2v) is 5.99. The van der Waals surface area contributed by atoms with Gasteiger partial charge in [-0.1, -0.05) is 18.2 Å². The summed E-state index contributed by atoms with van der Waals surface area (Å²) in [5.74, 6) is 0.963. The highest BCUT2D eigenvalue weighted by Gasteiger charge is 2.35. The summed E-state index contributed by atoms with van der Waals surface area (Å²) in [7, 11) is 0. The number of rotatable bonds is 4. The Morgan fingerprint density at radius 2 is 2.13 bits per heavy atom. The van der Waals surface area contributed by atoms with Crippen LogP contribution in [0.1, 0.15) is 40.8 Å². The van der Waals surface area contributed by atoms with Crippen LogP contribution in [0.2, 0.25) is 0 Å². The zero-order valence-corrected chi connectivity index (χ0v) is 12.8. The number of aromatic nitrogens is 2. The van der Waals surface area contributed by atoms with Crippen LogP contribution in [0, 0.1) is 12.8 Å². The maximum absolute atomic E-state index is 12.7. The van der Waals surface area contributed by atoms with E-state index in [2.05, 4.69) is 15.3 Å². The predicted octanol–water partition coefficient (Wildman–Crippen LogP) is 3.41. The largest absolute Gasteiger partial charge is 0.463 e. The monoisotopic (exact) mass is 307 g/mol. The fraction of sp³-hybridized carbons (Fsp3) is 0.278. The number of nitrogens with one attached hydrogen (secondary N) is 1. The first-order valence-electron chi connectivity index (χ1n) is 7.79. The Bertz CT molecular complexity index is 867. The van der Waals surface area contributed by atoms with Crippen LogP contribution < -0.4 is 5.32 Å². The van der Waals surface area contributed by atoms with Crippen LogP contribution in [0.15, 0.2) is 47.2 Å². The molecule has 4 rings (SSSR count). The van der Waals surface area contributed by atoms with Gasteiger partial charge in [0.2, 0.25) is 0 Å². The van der Waals surface area contributed by atoms with Gasteiger partial charge in [0.1, 0.15) is 11.8 Å². The summed E-state index contributed by atoms with van der Waals surface area (Å²) in [5, 5.41) is 3.92. The van der Waals surface area contributed by atoms with Crippen molar-refractivity contribution >= 4 is 16.9 Å². The molecule has 2 heterocycles. The maximum atomic E-state index is 12.7. The maximum Gasteiger partial charge on any atom is 0.255 e. The minimum Gasteiger partial charge on any atom is -0.463 e. The lowest BCUT2D eigenvalue weighted by molar-refractivity contribution is 0.0930. The molecule has 0 saturated heterocycles. The Labute approximate surface area is 133 Å². The van der Waals surface area contributed by atoms with E-state index in [4.69, 9.17) is 4.42 Å². The van der Waals surface area contributed by atoms with Gasteiger partial charge >= 0.3 is 0 Å². The first kappa shape index (κ1) is 13.9. The Kier molecular flexibility index (Phi) is 3.33. The van der Waals surface area contributed by atoms with Crippen molar-refractivity contribution in [3.63, 3.8) is 0 Å². The van der Waals surface area contributed by atoms with Crippen LogP contribution in [0.5, 0.6) is 0 Å². The van der Waals surface area contributed by atoms with E-state index in [1.165, 1.54) is 6.26 Å². The van der Waals surface area contributed by atoms with Crippen LogP contribution in [0.4, 0.5) is 0 Å². The van der Waals surface area contributed by atoms with Crippen LogP contribution >= 0.6 is 0 Å². The van der Waals surface area contributed by atoms with Crippen molar-refractivity contribution in [1.82, 2.24) is 15.3 Å². The number of aryl methyl sites for hydroxylation is 1. The topological polar surface area (TPSA) is 68.0 Å². The third-order valence-electron chi connectivity index (χ3n) is 4.20. The molecule has 1 atom stereocenters. The van der Waals surface area contributed by atoms with Gasteiger partial charge in [-0.2, -0.15) is 0 Å². The number of hydrogen-bond acceptors (Lipinski definition) is 4. The fourth-order valence-corrected chi connectivity index (χ4v) is 2.81. The highest BCUT2D eigenvalue weighted by molar-refractivity contribution is 6.06. The van der Waals surface area contributed by atoms with E-state index in [1.807, 2.05) is 37.3 Å². The van der Waals surface area contributed by atoms with E-state index in [0.29, 0.717) is 22.9 Å². The van der Waals surface area contributed by atoms with Gasteiger partial charge in [-0.3, -0.25) is 4.79 Å².